The minimum Gasteiger partial charge on any atom is -0.460 e. The van der Waals surface area contributed by atoms with Crippen LogP contribution >= 0.6 is 11.3 Å². The Labute approximate surface area is 221 Å². The summed E-state index contributed by atoms with van der Waals surface area (Å²) in [6.45, 7) is 19.9. The Morgan fingerprint density at radius 2 is 1.67 bits per heavy atom. The molecule has 200 valence electrons. The highest BCUT2D eigenvalue weighted by molar-refractivity contribution is 7.13. The lowest BCUT2D eigenvalue weighted by molar-refractivity contribution is -0.162. The van der Waals surface area contributed by atoms with Crippen LogP contribution in [0.2, 0.25) is 0 Å². The van der Waals surface area contributed by atoms with E-state index >= 15 is 0 Å². The van der Waals surface area contributed by atoms with E-state index in [-0.39, 0.29) is 17.5 Å². The molecule has 7 heteroatoms. The van der Waals surface area contributed by atoms with Gasteiger partial charge in [0.05, 0.1) is 16.3 Å². The van der Waals surface area contributed by atoms with Gasteiger partial charge in [-0.15, -0.1) is 11.3 Å². The number of aryl methyl sites for hydroxylation is 1. The minimum atomic E-state index is -0.617. The Morgan fingerprint density at radius 3 is 2.11 bits per heavy atom. The van der Waals surface area contributed by atoms with E-state index < -0.39 is 11.1 Å². The third kappa shape index (κ3) is 6.78. The number of hydrazone groups is 1. The first-order chi connectivity index (χ1) is 16.6. The number of hydrogen-bond donors (Lipinski definition) is 0. The molecule has 2 heterocycles. The van der Waals surface area contributed by atoms with Crippen molar-refractivity contribution in [2.24, 2.45) is 11.0 Å². The second kappa shape index (κ2) is 10.3. The van der Waals surface area contributed by atoms with Gasteiger partial charge in [0, 0.05) is 16.9 Å². The largest absolute Gasteiger partial charge is 0.460 e. The molecule has 0 aromatic carbocycles. The number of allylic oxidation sites excluding steroid dienone is 1. The topological polar surface area (TPSA) is 68.2 Å². The van der Waals surface area contributed by atoms with Crippen molar-refractivity contribution in [3.05, 3.63) is 27.0 Å². The van der Waals surface area contributed by atoms with Crippen LogP contribution in [0.5, 0.6) is 0 Å². The summed E-state index contributed by atoms with van der Waals surface area (Å²) in [6.07, 6.45) is 5.23. The van der Waals surface area contributed by atoms with Crippen LogP contribution in [0.1, 0.15) is 116 Å². The molecule has 0 bridgehead atoms. The molecule has 4 rings (SSSR count). The Kier molecular flexibility index (Phi) is 8.14. The first-order valence-electron chi connectivity index (χ1n) is 13.2. The van der Waals surface area contributed by atoms with Crippen molar-refractivity contribution in [3.63, 3.8) is 0 Å². The average Bonchev–Trinajstić information content (AvgIpc) is 3.61. The van der Waals surface area contributed by atoms with Crippen molar-refractivity contribution in [2.45, 2.75) is 125 Å². The van der Waals surface area contributed by atoms with E-state index in [0.29, 0.717) is 12.3 Å². The molecule has 2 fully saturated rings. The minimum absolute atomic E-state index is 0.102. The molecule has 0 saturated heterocycles. The van der Waals surface area contributed by atoms with Gasteiger partial charge in [0.1, 0.15) is 11.2 Å². The van der Waals surface area contributed by atoms with Crippen LogP contribution in [0.25, 0.3) is 5.70 Å². The highest BCUT2D eigenvalue weighted by Gasteiger charge is 2.60. The molecule has 1 aromatic rings. The molecule has 2 saturated carbocycles. The van der Waals surface area contributed by atoms with E-state index in [1.54, 1.807) is 0 Å². The molecule has 1 aromatic heterocycles. The number of ether oxygens (including phenoxy) is 2. The Hall–Kier alpha value is -2.15. The number of nitrogens with zero attached hydrogens (tertiary/aromatic N) is 2. The highest BCUT2D eigenvalue weighted by Crippen LogP contribution is 2.54. The van der Waals surface area contributed by atoms with Gasteiger partial charge in [-0.05, 0) is 98.1 Å². The van der Waals surface area contributed by atoms with Crippen LogP contribution in [0.4, 0.5) is 0 Å². The summed E-state index contributed by atoms with van der Waals surface area (Å²) >= 11 is 1.83. The van der Waals surface area contributed by atoms with Gasteiger partial charge < -0.3 is 9.47 Å². The Bertz CT molecular complexity index is 1060. The molecule has 0 radical (unpaired) electrons. The summed E-state index contributed by atoms with van der Waals surface area (Å²) in [5, 5.41) is 7.11. The number of carbonyl (C=O) groups is 2. The monoisotopic (exact) mass is 516 g/mol. The molecule has 1 aliphatic heterocycles. The summed E-state index contributed by atoms with van der Waals surface area (Å²) in [4.78, 5) is 26.5. The van der Waals surface area contributed by atoms with Gasteiger partial charge in [0.2, 0.25) is 0 Å². The summed E-state index contributed by atoms with van der Waals surface area (Å²) in [7, 11) is 0. The summed E-state index contributed by atoms with van der Waals surface area (Å²) in [6, 6.07) is 2.26. The number of rotatable bonds is 5. The van der Waals surface area contributed by atoms with E-state index in [4.69, 9.17) is 14.6 Å². The van der Waals surface area contributed by atoms with Crippen LogP contribution in [-0.2, 0) is 19.1 Å². The zero-order chi connectivity index (χ0) is 27.1. The Morgan fingerprint density at radius 1 is 1.08 bits per heavy atom. The van der Waals surface area contributed by atoms with Crippen molar-refractivity contribution in [1.82, 2.24) is 5.01 Å². The van der Waals surface area contributed by atoms with Gasteiger partial charge in [0.15, 0.2) is 5.54 Å². The van der Waals surface area contributed by atoms with Crippen LogP contribution in [-0.4, -0.2) is 39.4 Å². The lowest BCUT2D eigenvalue weighted by Gasteiger charge is -2.36. The van der Waals surface area contributed by atoms with E-state index in [1.807, 2.05) is 59.8 Å². The lowest BCUT2D eigenvalue weighted by atomic mass is 9.97. The quantitative estimate of drug-likeness (QED) is 0.386. The van der Waals surface area contributed by atoms with E-state index in [9.17, 15) is 9.59 Å². The zero-order valence-electron chi connectivity index (χ0n) is 23.8. The molecular formula is C29H44N2O4S. The molecule has 0 spiro atoms. The van der Waals surface area contributed by atoms with Gasteiger partial charge in [-0.3, -0.25) is 4.79 Å². The van der Waals surface area contributed by atoms with Crippen LogP contribution in [0, 0.1) is 12.8 Å². The summed E-state index contributed by atoms with van der Waals surface area (Å²) in [5.74, 6) is 0.0766. The van der Waals surface area contributed by atoms with Crippen LogP contribution < -0.4 is 0 Å². The van der Waals surface area contributed by atoms with Crippen LogP contribution in [0.3, 0.4) is 0 Å². The molecule has 0 atom stereocenters. The summed E-state index contributed by atoms with van der Waals surface area (Å²) < 4.78 is 10.8. The first kappa shape index (κ1) is 28.4. The van der Waals surface area contributed by atoms with E-state index in [1.165, 1.54) is 26.6 Å². The second-order valence-electron chi connectivity index (χ2n) is 12.4. The maximum absolute atomic E-state index is 13.1. The molecule has 0 unspecified atom stereocenters. The van der Waals surface area contributed by atoms with Crippen molar-refractivity contribution in [2.75, 3.05) is 0 Å². The van der Waals surface area contributed by atoms with Crippen LogP contribution in [0.15, 0.2) is 16.7 Å². The standard InChI is InChI=1S/C21H28N2O2S.C8H16O2/c1-12(2)16-15-11-13(3)26-18(15)17(14-7-8-14)23(22-16)21(9-10-21)19(24)25-20(4,5)6;1-5-6-7(9)10-8(2,3)4/h11-12H,7-10H2,1-6H3;5-6H2,1-4H3. The molecule has 3 aliphatic rings. The van der Waals surface area contributed by atoms with Crippen molar-refractivity contribution >= 4 is 34.7 Å². The third-order valence-corrected chi connectivity index (χ3v) is 6.99. The first-order valence-corrected chi connectivity index (χ1v) is 14.1. The van der Waals surface area contributed by atoms with E-state index in [2.05, 4.69) is 31.8 Å². The van der Waals surface area contributed by atoms with Crippen molar-refractivity contribution in [3.8, 4) is 0 Å². The number of hydrogen-bond acceptors (Lipinski definition) is 7. The Balaban J connectivity index is 0.000000308. The molecule has 0 amide bonds. The number of carbonyl (C=O) groups excluding carboxylic acids is 2. The van der Waals surface area contributed by atoms with Crippen molar-refractivity contribution < 1.29 is 19.1 Å². The normalized spacial score (nSPS) is 18.2. The predicted octanol–water partition coefficient (Wildman–Crippen LogP) is 7.24. The van der Waals surface area contributed by atoms with Gasteiger partial charge in [-0.25, -0.2) is 9.80 Å². The molecular weight excluding hydrogens is 472 g/mol. The lowest BCUT2D eigenvalue weighted by Crippen LogP contribution is -2.45. The number of fused-ring (bicyclic) bond motifs is 1. The zero-order valence-corrected chi connectivity index (χ0v) is 24.6. The summed E-state index contributed by atoms with van der Waals surface area (Å²) in [5.41, 5.74) is 3.53. The highest BCUT2D eigenvalue weighted by atomic mass is 32.1. The maximum atomic E-state index is 13.1. The second-order valence-corrected chi connectivity index (χ2v) is 13.6. The average molecular weight is 517 g/mol. The SMILES string of the molecule is CCCC(=O)OC(C)(C)C.Cc1cc2c(s1)C(=C1CC1)N(C1(C(=O)OC(C)(C)C)CC1)N=C2C(C)C. The fourth-order valence-electron chi connectivity index (χ4n) is 4.12. The smallest absolute Gasteiger partial charge is 0.334 e. The maximum Gasteiger partial charge on any atom is 0.334 e. The third-order valence-electron chi connectivity index (χ3n) is 5.93. The molecule has 2 aliphatic carbocycles. The van der Waals surface area contributed by atoms with Gasteiger partial charge in [-0.1, -0.05) is 20.8 Å². The van der Waals surface area contributed by atoms with Gasteiger partial charge in [-0.2, -0.15) is 5.10 Å². The van der Waals surface area contributed by atoms with Gasteiger partial charge in [0.25, 0.3) is 0 Å². The molecule has 6 nitrogen and oxygen atoms in total. The number of esters is 2. The fourth-order valence-corrected chi connectivity index (χ4v) is 5.22. The predicted molar refractivity (Wildman–Crippen MR) is 147 cm³/mol. The molecule has 0 N–H and O–H groups in total. The molecule has 36 heavy (non-hydrogen) atoms. The number of thiophene rings is 1. The fraction of sp³-hybridized carbons (Fsp3) is 0.690. The van der Waals surface area contributed by atoms with E-state index in [0.717, 1.165) is 37.8 Å². The van der Waals surface area contributed by atoms with Crippen molar-refractivity contribution in [1.29, 1.82) is 0 Å². The van der Waals surface area contributed by atoms with Gasteiger partial charge >= 0.3 is 11.9 Å².